The Hall–Kier alpha value is -1.63. The largest absolute Gasteiger partial charge is 0.449 e. The summed E-state index contributed by atoms with van der Waals surface area (Å²) in [7, 11) is 0. The molecular formula is C19H26ClN3O2S. The fraction of sp³-hybridized carbons (Fsp3) is 0.474. The van der Waals surface area contributed by atoms with Crippen molar-refractivity contribution < 1.29 is 9.53 Å². The van der Waals surface area contributed by atoms with E-state index in [1.807, 2.05) is 24.3 Å². The highest BCUT2D eigenvalue weighted by molar-refractivity contribution is 7.13. The van der Waals surface area contributed by atoms with Crippen LogP contribution in [0.4, 0.5) is 10.5 Å². The third kappa shape index (κ3) is 5.69. The van der Waals surface area contributed by atoms with E-state index in [0.717, 1.165) is 60.7 Å². The van der Waals surface area contributed by atoms with E-state index >= 15 is 0 Å². The van der Waals surface area contributed by atoms with Gasteiger partial charge in [0.25, 0.3) is 0 Å². The molecule has 0 spiro atoms. The summed E-state index contributed by atoms with van der Waals surface area (Å²) < 4.78 is 5.43. The summed E-state index contributed by atoms with van der Waals surface area (Å²) in [5, 5.41) is 9.21. The summed E-state index contributed by atoms with van der Waals surface area (Å²) in [5.74, 6) is 0.456. The normalized spacial score (nSPS) is 14.5. The lowest BCUT2D eigenvalue weighted by Gasteiger charge is -2.22. The molecule has 1 aliphatic heterocycles. The molecule has 0 atom stereocenters. The third-order valence-corrected chi connectivity index (χ3v) is 5.29. The topological polar surface area (TPSA) is 63.2 Å². The summed E-state index contributed by atoms with van der Waals surface area (Å²) in [4.78, 5) is 16.9. The monoisotopic (exact) mass is 395 g/mol. The molecular weight excluding hydrogens is 370 g/mol. The summed E-state index contributed by atoms with van der Waals surface area (Å²) in [5.41, 5.74) is 2.79. The first-order chi connectivity index (χ1) is 12.3. The molecule has 2 aromatic rings. The van der Waals surface area contributed by atoms with Gasteiger partial charge in [-0.05, 0) is 50.4 Å². The molecule has 2 heterocycles. The van der Waals surface area contributed by atoms with Crippen LogP contribution in [0.1, 0.15) is 31.9 Å². The number of ether oxygens (including phenoxy) is 1. The fourth-order valence-electron chi connectivity index (χ4n) is 2.97. The molecule has 2 N–H and O–H groups in total. The van der Waals surface area contributed by atoms with Crippen LogP contribution in [0.5, 0.6) is 0 Å². The molecule has 0 aliphatic carbocycles. The number of aromatic nitrogens is 1. The van der Waals surface area contributed by atoms with Crippen molar-refractivity contribution in [2.45, 2.75) is 32.6 Å². The van der Waals surface area contributed by atoms with Crippen molar-refractivity contribution >= 4 is 35.5 Å². The molecule has 1 aliphatic rings. The maximum absolute atomic E-state index is 12.2. The molecule has 0 saturated carbocycles. The number of thiazole rings is 1. The van der Waals surface area contributed by atoms with E-state index in [2.05, 4.69) is 27.9 Å². The van der Waals surface area contributed by atoms with E-state index < -0.39 is 6.09 Å². The van der Waals surface area contributed by atoms with Crippen LogP contribution in [-0.2, 0) is 11.2 Å². The molecule has 1 fully saturated rings. The minimum atomic E-state index is -0.392. The predicted octanol–water partition coefficient (Wildman–Crippen LogP) is 4.73. The van der Waals surface area contributed by atoms with Gasteiger partial charge in [-0.2, -0.15) is 0 Å². The number of carbonyl (C=O) groups is 1. The first kappa shape index (κ1) is 20.7. The number of anilines is 1. The number of para-hydroxylation sites is 1. The van der Waals surface area contributed by atoms with E-state index in [-0.39, 0.29) is 12.4 Å². The van der Waals surface area contributed by atoms with E-state index in [0.29, 0.717) is 12.5 Å². The molecule has 1 aromatic carbocycles. The minimum Gasteiger partial charge on any atom is -0.449 e. The van der Waals surface area contributed by atoms with Crippen molar-refractivity contribution in [3.63, 3.8) is 0 Å². The molecule has 1 saturated heterocycles. The lowest BCUT2D eigenvalue weighted by molar-refractivity contribution is 0.131. The van der Waals surface area contributed by atoms with Gasteiger partial charge in [0, 0.05) is 10.9 Å². The molecule has 1 amide bonds. The van der Waals surface area contributed by atoms with Crippen LogP contribution < -0.4 is 10.6 Å². The Morgan fingerprint density at radius 2 is 2.12 bits per heavy atom. The van der Waals surface area contributed by atoms with Gasteiger partial charge >= 0.3 is 6.09 Å². The summed E-state index contributed by atoms with van der Waals surface area (Å²) in [6.45, 7) is 4.63. The molecule has 0 bridgehead atoms. The van der Waals surface area contributed by atoms with Crippen LogP contribution in [0.15, 0.2) is 29.6 Å². The number of carbonyl (C=O) groups excluding carboxylic acids is 1. The summed E-state index contributed by atoms with van der Waals surface area (Å²) in [6.07, 6.45) is 3.78. The third-order valence-electron chi connectivity index (χ3n) is 4.36. The molecule has 5 nitrogen and oxygen atoms in total. The van der Waals surface area contributed by atoms with E-state index in [4.69, 9.17) is 4.74 Å². The van der Waals surface area contributed by atoms with Crippen LogP contribution in [0.2, 0.25) is 0 Å². The van der Waals surface area contributed by atoms with Crippen LogP contribution in [0.25, 0.3) is 10.6 Å². The number of benzene rings is 1. The first-order valence-electron chi connectivity index (χ1n) is 8.94. The number of halogens is 1. The summed E-state index contributed by atoms with van der Waals surface area (Å²) >= 11 is 1.61. The summed E-state index contributed by atoms with van der Waals surface area (Å²) in [6, 6.07) is 7.74. The van der Waals surface area contributed by atoms with Crippen molar-refractivity contribution in [1.82, 2.24) is 10.3 Å². The molecule has 0 unspecified atom stereocenters. The van der Waals surface area contributed by atoms with E-state index in [1.54, 1.807) is 11.3 Å². The highest BCUT2D eigenvalue weighted by atomic mass is 35.5. The fourth-order valence-corrected chi connectivity index (χ4v) is 3.86. The molecule has 7 heteroatoms. The second-order valence-electron chi connectivity index (χ2n) is 6.36. The Labute approximate surface area is 165 Å². The molecule has 3 rings (SSSR count). The zero-order chi connectivity index (χ0) is 17.5. The van der Waals surface area contributed by atoms with Gasteiger partial charge in [0.1, 0.15) is 5.01 Å². The van der Waals surface area contributed by atoms with Gasteiger partial charge in [-0.15, -0.1) is 23.7 Å². The van der Waals surface area contributed by atoms with Crippen molar-refractivity contribution in [2.24, 2.45) is 5.92 Å². The second-order valence-corrected chi connectivity index (χ2v) is 7.21. The minimum absolute atomic E-state index is 0. The second kappa shape index (κ2) is 10.5. The van der Waals surface area contributed by atoms with Gasteiger partial charge in [-0.3, -0.25) is 5.32 Å². The lowest BCUT2D eigenvalue weighted by Crippen LogP contribution is -2.31. The SMILES string of the molecule is CCCc1csc(-c2ccccc2NC(=O)OCC2CCNCC2)n1.Cl. The predicted molar refractivity (Wildman–Crippen MR) is 109 cm³/mol. The van der Waals surface area contributed by atoms with Crippen molar-refractivity contribution in [3.05, 3.63) is 35.3 Å². The van der Waals surface area contributed by atoms with Crippen molar-refractivity contribution in [3.8, 4) is 10.6 Å². The number of amides is 1. The van der Waals surface area contributed by atoms with E-state index in [1.165, 1.54) is 0 Å². The molecule has 26 heavy (non-hydrogen) atoms. The number of rotatable bonds is 6. The Morgan fingerprint density at radius 3 is 2.88 bits per heavy atom. The molecule has 0 radical (unpaired) electrons. The Balaban J connectivity index is 0.00000243. The van der Waals surface area contributed by atoms with Crippen LogP contribution >= 0.6 is 23.7 Å². The van der Waals surface area contributed by atoms with Crippen molar-refractivity contribution in [1.29, 1.82) is 0 Å². The van der Waals surface area contributed by atoms with Gasteiger partial charge in [0.15, 0.2) is 0 Å². The van der Waals surface area contributed by atoms with Crippen LogP contribution in [0.3, 0.4) is 0 Å². The average Bonchev–Trinajstić information content (AvgIpc) is 3.10. The first-order valence-corrected chi connectivity index (χ1v) is 9.82. The smallest absolute Gasteiger partial charge is 0.411 e. The Bertz CT molecular complexity index is 702. The number of nitrogens with one attached hydrogen (secondary N) is 2. The molecule has 1 aromatic heterocycles. The van der Waals surface area contributed by atoms with Gasteiger partial charge < -0.3 is 10.1 Å². The Kier molecular flexibility index (Phi) is 8.35. The van der Waals surface area contributed by atoms with Crippen LogP contribution in [-0.4, -0.2) is 30.8 Å². The quantitative estimate of drug-likeness (QED) is 0.741. The number of hydrogen-bond acceptors (Lipinski definition) is 5. The van der Waals surface area contributed by atoms with Gasteiger partial charge in [-0.25, -0.2) is 9.78 Å². The van der Waals surface area contributed by atoms with Gasteiger partial charge in [-0.1, -0.05) is 25.5 Å². The maximum Gasteiger partial charge on any atom is 0.411 e. The highest BCUT2D eigenvalue weighted by Crippen LogP contribution is 2.31. The highest BCUT2D eigenvalue weighted by Gasteiger charge is 2.16. The number of aryl methyl sites for hydroxylation is 1. The number of hydrogen-bond donors (Lipinski definition) is 2. The van der Waals surface area contributed by atoms with Crippen LogP contribution in [0, 0.1) is 5.92 Å². The Morgan fingerprint density at radius 1 is 1.35 bits per heavy atom. The average molecular weight is 396 g/mol. The zero-order valence-corrected chi connectivity index (χ0v) is 16.6. The lowest BCUT2D eigenvalue weighted by atomic mass is 9.99. The van der Waals surface area contributed by atoms with Gasteiger partial charge in [0.05, 0.1) is 18.0 Å². The van der Waals surface area contributed by atoms with E-state index in [9.17, 15) is 4.79 Å². The standard InChI is InChI=1S/C19H25N3O2S.ClH/c1-2-5-15-13-25-18(21-15)16-6-3-4-7-17(16)22-19(23)24-12-14-8-10-20-11-9-14;/h3-4,6-7,13-14,20H,2,5,8-12H2,1H3,(H,22,23);1H. The van der Waals surface area contributed by atoms with Crippen molar-refractivity contribution in [2.75, 3.05) is 25.0 Å². The number of piperidine rings is 1. The molecule has 142 valence electrons. The van der Waals surface area contributed by atoms with Gasteiger partial charge in [0.2, 0.25) is 0 Å². The number of nitrogens with zero attached hydrogens (tertiary/aromatic N) is 1. The zero-order valence-electron chi connectivity index (χ0n) is 15.0. The maximum atomic E-state index is 12.2.